The molecular weight excluding hydrogens is 469 g/mol. The molecule has 0 spiro atoms. The maximum atomic E-state index is 6.64. The second-order valence-corrected chi connectivity index (χ2v) is 8.61. The number of rotatable bonds is 8. The second-order valence-electron chi connectivity index (χ2n) is 7.76. The quantitative estimate of drug-likeness (QED) is 0.285. The molecule has 0 aliphatic rings. The summed E-state index contributed by atoms with van der Waals surface area (Å²) in [6.07, 6.45) is 1.65. The Kier molecular flexibility index (Phi) is 6.72. The highest BCUT2D eigenvalue weighted by Crippen LogP contribution is 2.33. The summed E-state index contributed by atoms with van der Waals surface area (Å²) in [4.78, 5) is 0. The number of furan rings is 1. The van der Waals surface area contributed by atoms with Crippen LogP contribution in [0.25, 0.3) is 0 Å². The number of nitrogens with one attached hydrogen (secondary N) is 1. The first-order valence-corrected chi connectivity index (χ1v) is 11.5. The van der Waals surface area contributed by atoms with Gasteiger partial charge < -0.3 is 4.42 Å². The van der Waals surface area contributed by atoms with Crippen molar-refractivity contribution in [1.82, 2.24) is 25.5 Å². The van der Waals surface area contributed by atoms with Gasteiger partial charge >= 0.3 is 0 Å². The van der Waals surface area contributed by atoms with Crippen LogP contribution in [0.1, 0.15) is 40.4 Å². The third-order valence-electron chi connectivity index (χ3n) is 5.59. The summed E-state index contributed by atoms with van der Waals surface area (Å²) in [6, 6.07) is 28.9. The fraction of sp³-hybridized carbons (Fsp3) is 0.115. The lowest BCUT2D eigenvalue weighted by atomic mass is 9.98. The molecule has 0 bridgehead atoms. The number of halogens is 2. The van der Waals surface area contributed by atoms with Crippen LogP contribution in [0.4, 0.5) is 0 Å². The van der Waals surface area contributed by atoms with Gasteiger partial charge in [0.2, 0.25) is 0 Å². The summed E-state index contributed by atoms with van der Waals surface area (Å²) in [7, 11) is 0. The van der Waals surface area contributed by atoms with Gasteiger partial charge in [0.05, 0.1) is 18.8 Å². The minimum atomic E-state index is -0.417. The Hall–Kier alpha value is -3.45. The van der Waals surface area contributed by atoms with Gasteiger partial charge in [-0.15, -0.1) is 5.10 Å². The minimum Gasteiger partial charge on any atom is -0.468 e. The summed E-state index contributed by atoms with van der Waals surface area (Å²) < 4.78 is 7.37. The van der Waals surface area contributed by atoms with E-state index in [-0.39, 0.29) is 6.04 Å². The van der Waals surface area contributed by atoms with Gasteiger partial charge in [-0.3, -0.25) is 5.32 Å². The van der Waals surface area contributed by atoms with Gasteiger partial charge in [-0.05, 0) is 51.4 Å². The maximum Gasteiger partial charge on any atom is 0.173 e. The molecule has 5 rings (SSSR count). The molecule has 0 saturated heterocycles. The van der Waals surface area contributed by atoms with Crippen molar-refractivity contribution in [3.05, 3.63) is 136 Å². The molecular formula is C26H21Cl2N5O. The van der Waals surface area contributed by atoms with Crippen LogP contribution in [0.2, 0.25) is 10.0 Å². The second kappa shape index (κ2) is 10.2. The van der Waals surface area contributed by atoms with Crippen molar-refractivity contribution in [3.63, 3.8) is 0 Å². The number of aromatic nitrogens is 4. The summed E-state index contributed by atoms with van der Waals surface area (Å²) in [6.45, 7) is 0.463. The van der Waals surface area contributed by atoms with E-state index >= 15 is 0 Å². The number of nitrogens with zero attached hydrogens (tertiary/aromatic N) is 4. The van der Waals surface area contributed by atoms with Gasteiger partial charge in [-0.2, -0.15) is 0 Å². The first kappa shape index (κ1) is 22.3. The molecule has 6 nitrogen and oxygen atoms in total. The first-order valence-electron chi connectivity index (χ1n) is 10.8. The molecule has 34 heavy (non-hydrogen) atoms. The number of benzene rings is 3. The van der Waals surface area contributed by atoms with Crippen molar-refractivity contribution in [2.24, 2.45) is 0 Å². The fourth-order valence-electron chi connectivity index (χ4n) is 4.01. The molecule has 2 heterocycles. The molecule has 0 saturated carbocycles. The standard InChI is InChI=1S/C26H21Cl2N5O/c27-20-13-14-22(23(28)16-20)24(29-17-21-12-7-15-34-21)26-30-31-32-33(26)25(18-8-3-1-4-9-18)19-10-5-2-6-11-19/h1-16,24-25,29H,17H2/t24-/m0/s1. The Morgan fingerprint density at radius 3 is 2.18 bits per heavy atom. The Balaban J connectivity index is 1.62. The van der Waals surface area contributed by atoms with Gasteiger partial charge in [-0.1, -0.05) is 89.9 Å². The molecule has 0 aliphatic carbocycles. The molecule has 0 aliphatic heterocycles. The van der Waals surface area contributed by atoms with Crippen LogP contribution in [-0.4, -0.2) is 20.2 Å². The van der Waals surface area contributed by atoms with Crippen molar-refractivity contribution >= 4 is 23.2 Å². The predicted molar refractivity (Wildman–Crippen MR) is 132 cm³/mol. The SMILES string of the molecule is Clc1ccc([C@H](NCc2ccco2)c2nnnn2C(c2ccccc2)c2ccccc2)c(Cl)c1. The molecule has 0 radical (unpaired) electrons. The lowest BCUT2D eigenvalue weighted by molar-refractivity contribution is 0.446. The van der Waals surface area contributed by atoms with Gasteiger partial charge in [0.1, 0.15) is 11.8 Å². The van der Waals surface area contributed by atoms with Gasteiger partial charge in [0, 0.05) is 10.0 Å². The largest absolute Gasteiger partial charge is 0.468 e. The van der Waals surface area contributed by atoms with Crippen molar-refractivity contribution in [3.8, 4) is 0 Å². The molecule has 2 aromatic heterocycles. The Morgan fingerprint density at radius 1 is 0.853 bits per heavy atom. The van der Waals surface area contributed by atoms with Gasteiger partial charge in [0.25, 0.3) is 0 Å². The van der Waals surface area contributed by atoms with E-state index in [0.717, 1.165) is 22.5 Å². The highest BCUT2D eigenvalue weighted by atomic mass is 35.5. The molecule has 8 heteroatoms. The molecule has 0 amide bonds. The van der Waals surface area contributed by atoms with Crippen molar-refractivity contribution in [2.75, 3.05) is 0 Å². The van der Waals surface area contributed by atoms with E-state index < -0.39 is 6.04 Å². The predicted octanol–water partition coefficient (Wildman–Crippen LogP) is 6.09. The summed E-state index contributed by atoms with van der Waals surface area (Å²) in [5.41, 5.74) is 2.94. The monoisotopic (exact) mass is 489 g/mol. The third kappa shape index (κ3) is 4.75. The average Bonchev–Trinajstić information content (AvgIpc) is 3.55. The average molecular weight is 490 g/mol. The van der Waals surface area contributed by atoms with Crippen LogP contribution < -0.4 is 5.32 Å². The molecule has 5 aromatic rings. The molecule has 1 atom stereocenters. The summed E-state index contributed by atoms with van der Waals surface area (Å²) in [5.74, 6) is 1.41. The fourth-order valence-corrected chi connectivity index (χ4v) is 4.53. The van der Waals surface area contributed by atoms with Crippen molar-refractivity contribution < 1.29 is 4.42 Å². The van der Waals surface area contributed by atoms with E-state index in [1.165, 1.54) is 0 Å². The van der Waals surface area contributed by atoms with Crippen LogP contribution in [0.15, 0.2) is 102 Å². The van der Waals surface area contributed by atoms with Crippen molar-refractivity contribution in [2.45, 2.75) is 18.6 Å². The van der Waals surface area contributed by atoms with E-state index in [4.69, 9.17) is 27.6 Å². The highest BCUT2D eigenvalue weighted by molar-refractivity contribution is 6.35. The zero-order valence-electron chi connectivity index (χ0n) is 18.1. The van der Waals surface area contributed by atoms with Crippen LogP contribution in [0, 0.1) is 0 Å². The molecule has 170 valence electrons. The Morgan fingerprint density at radius 2 is 1.56 bits per heavy atom. The summed E-state index contributed by atoms with van der Waals surface area (Å²) in [5, 5.41) is 17.5. The number of tetrazole rings is 1. The van der Waals surface area contributed by atoms with E-state index in [1.54, 1.807) is 12.3 Å². The van der Waals surface area contributed by atoms with Crippen LogP contribution in [0.5, 0.6) is 0 Å². The number of hydrogen-bond donors (Lipinski definition) is 1. The zero-order chi connectivity index (χ0) is 23.3. The third-order valence-corrected chi connectivity index (χ3v) is 6.15. The Labute approximate surface area is 207 Å². The van der Waals surface area contributed by atoms with Crippen LogP contribution in [-0.2, 0) is 6.54 Å². The lowest BCUT2D eigenvalue weighted by Gasteiger charge is -2.24. The molecule has 0 unspecified atom stereocenters. The lowest BCUT2D eigenvalue weighted by Crippen LogP contribution is -2.28. The molecule has 1 N–H and O–H groups in total. The van der Waals surface area contributed by atoms with Crippen LogP contribution >= 0.6 is 23.2 Å². The smallest absolute Gasteiger partial charge is 0.173 e. The number of hydrogen-bond acceptors (Lipinski definition) is 5. The Bertz CT molecular complexity index is 1300. The normalized spacial score (nSPS) is 12.2. The first-order chi connectivity index (χ1) is 16.7. The maximum absolute atomic E-state index is 6.64. The highest BCUT2D eigenvalue weighted by Gasteiger charge is 2.28. The van der Waals surface area contributed by atoms with E-state index in [1.807, 2.05) is 65.3 Å². The van der Waals surface area contributed by atoms with E-state index in [2.05, 4.69) is 45.1 Å². The molecule has 3 aromatic carbocycles. The van der Waals surface area contributed by atoms with Crippen molar-refractivity contribution in [1.29, 1.82) is 0 Å². The zero-order valence-corrected chi connectivity index (χ0v) is 19.6. The van der Waals surface area contributed by atoms with Crippen LogP contribution in [0.3, 0.4) is 0 Å². The van der Waals surface area contributed by atoms with Gasteiger partial charge in [-0.25, -0.2) is 4.68 Å². The van der Waals surface area contributed by atoms with Gasteiger partial charge in [0.15, 0.2) is 5.82 Å². The molecule has 0 fully saturated rings. The van der Waals surface area contributed by atoms with E-state index in [9.17, 15) is 0 Å². The topological polar surface area (TPSA) is 68.8 Å². The summed E-state index contributed by atoms with van der Waals surface area (Å²) >= 11 is 12.8. The van der Waals surface area contributed by atoms with E-state index in [0.29, 0.717) is 22.4 Å². The minimum absolute atomic E-state index is 0.230.